The normalized spacial score (nSPS) is 16.4. The zero-order chi connectivity index (χ0) is 13.9. The maximum absolute atomic E-state index is 12.1. The number of thiazole rings is 1. The fourth-order valence-corrected chi connectivity index (χ4v) is 3.92. The summed E-state index contributed by atoms with van der Waals surface area (Å²) in [4.78, 5) is 19.3. The number of thiophene rings is 1. The molecule has 0 bridgehead atoms. The van der Waals surface area contributed by atoms with Crippen LogP contribution in [0.3, 0.4) is 0 Å². The number of carbonyl (C=O) groups is 1. The number of aromatic nitrogens is 1. The maximum atomic E-state index is 12.1. The van der Waals surface area contributed by atoms with E-state index in [-0.39, 0.29) is 11.9 Å². The fourth-order valence-electron chi connectivity index (χ4n) is 2.28. The topological polar surface area (TPSA) is 45.2 Å². The first-order valence-corrected chi connectivity index (χ1v) is 8.50. The molecule has 0 aliphatic carbocycles. The minimum atomic E-state index is -0.0189. The molecule has 0 unspecified atom stereocenters. The second-order valence-electron chi connectivity index (χ2n) is 4.65. The van der Waals surface area contributed by atoms with E-state index in [0.29, 0.717) is 9.21 Å². The van der Waals surface area contributed by atoms with Gasteiger partial charge in [0, 0.05) is 30.7 Å². The molecule has 0 aromatic carbocycles. The van der Waals surface area contributed by atoms with Crippen LogP contribution < -0.4 is 10.2 Å². The van der Waals surface area contributed by atoms with Crippen LogP contribution in [0, 0.1) is 0 Å². The van der Waals surface area contributed by atoms with Gasteiger partial charge in [-0.1, -0.05) is 11.6 Å². The summed E-state index contributed by atoms with van der Waals surface area (Å²) in [6.45, 7) is 1.87. The van der Waals surface area contributed by atoms with E-state index in [0.717, 1.165) is 31.1 Å². The average Bonchev–Trinajstić information content (AvgIpc) is 3.10. The largest absolute Gasteiger partial charge is 0.348 e. The molecule has 106 valence electrons. The molecule has 0 saturated carbocycles. The van der Waals surface area contributed by atoms with Gasteiger partial charge in [0.25, 0.3) is 5.91 Å². The lowest BCUT2D eigenvalue weighted by molar-refractivity contribution is 0.0935. The Kier molecular flexibility index (Phi) is 4.24. The van der Waals surface area contributed by atoms with E-state index in [9.17, 15) is 4.79 Å². The van der Waals surface area contributed by atoms with Crippen molar-refractivity contribution in [3.8, 4) is 0 Å². The summed E-state index contributed by atoms with van der Waals surface area (Å²) in [6.07, 6.45) is 3.73. The van der Waals surface area contributed by atoms with Gasteiger partial charge in [0.2, 0.25) is 0 Å². The molecule has 1 amide bonds. The molecular formula is C13H14ClN3OS2. The van der Waals surface area contributed by atoms with Crippen LogP contribution in [0.5, 0.6) is 0 Å². The summed E-state index contributed by atoms with van der Waals surface area (Å²) in [6, 6.07) is 3.76. The van der Waals surface area contributed by atoms with Gasteiger partial charge in [0.15, 0.2) is 5.13 Å². The first kappa shape index (κ1) is 13.9. The monoisotopic (exact) mass is 327 g/mol. The first-order valence-electron chi connectivity index (χ1n) is 6.43. The zero-order valence-electron chi connectivity index (χ0n) is 10.7. The van der Waals surface area contributed by atoms with Crippen LogP contribution in [0.25, 0.3) is 0 Å². The molecule has 3 heterocycles. The summed E-state index contributed by atoms with van der Waals surface area (Å²) in [7, 11) is 0. The Labute approximate surface area is 130 Å². The third kappa shape index (κ3) is 3.13. The number of nitrogens with one attached hydrogen (secondary N) is 1. The number of anilines is 1. The molecule has 2 aromatic heterocycles. The Balaban J connectivity index is 1.52. The number of piperidine rings is 1. The highest BCUT2D eigenvalue weighted by Crippen LogP contribution is 2.24. The number of carbonyl (C=O) groups excluding carboxylic acids is 1. The Morgan fingerprint density at radius 1 is 1.40 bits per heavy atom. The fraction of sp³-hybridized carbons (Fsp3) is 0.385. The van der Waals surface area contributed by atoms with Crippen LogP contribution in [0.4, 0.5) is 5.13 Å². The summed E-state index contributed by atoms with van der Waals surface area (Å²) in [5, 5.41) is 6.14. The minimum absolute atomic E-state index is 0.0189. The Morgan fingerprint density at radius 3 is 2.80 bits per heavy atom. The lowest BCUT2D eigenvalue weighted by Crippen LogP contribution is -2.44. The second-order valence-corrected chi connectivity index (χ2v) is 7.24. The van der Waals surface area contributed by atoms with Gasteiger partial charge < -0.3 is 10.2 Å². The van der Waals surface area contributed by atoms with Gasteiger partial charge in [0.05, 0.1) is 9.21 Å². The number of halogens is 1. The Bertz CT molecular complexity index is 576. The number of amides is 1. The molecule has 7 heteroatoms. The predicted octanol–water partition coefficient (Wildman–Crippen LogP) is 3.26. The molecule has 0 spiro atoms. The van der Waals surface area contributed by atoms with Crippen LogP contribution in [-0.4, -0.2) is 30.0 Å². The second kappa shape index (κ2) is 6.11. The molecule has 0 radical (unpaired) electrons. The van der Waals surface area contributed by atoms with Crippen molar-refractivity contribution in [1.29, 1.82) is 0 Å². The van der Waals surface area contributed by atoms with E-state index in [1.807, 2.05) is 11.6 Å². The highest BCUT2D eigenvalue weighted by atomic mass is 35.5. The van der Waals surface area contributed by atoms with E-state index < -0.39 is 0 Å². The van der Waals surface area contributed by atoms with Crippen molar-refractivity contribution in [3.05, 3.63) is 32.9 Å². The van der Waals surface area contributed by atoms with E-state index in [1.54, 1.807) is 23.5 Å². The lowest BCUT2D eigenvalue weighted by Gasteiger charge is -2.32. The van der Waals surface area contributed by atoms with Crippen LogP contribution in [0.1, 0.15) is 22.5 Å². The summed E-state index contributed by atoms with van der Waals surface area (Å²) in [5.74, 6) is -0.0189. The molecule has 0 atom stereocenters. The SMILES string of the molecule is O=C(NC1CCN(c2nccs2)CC1)c1ccc(Cl)s1. The molecule has 20 heavy (non-hydrogen) atoms. The molecule has 1 fully saturated rings. The highest BCUT2D eigenvalue weighted by molar-refractivity contribution is 7.18. The predicted molar refractivity (Wildman–Crippen MR) is 84.1 cm³/mol. The quantitative estimate of drug-likeness (QED) is 0.941. The van der Waals surface area contributed by atoms with Crippen LogP contribution >= 0.6 is 34.3 Å². The van der Waals surface area contributed by atoms with Crippen molar-refractivity contribution in [2.45, 2.75) is 18.9 Å². The number of rotatable bonds is 3. The van der Waals surface area contributed by atoms with E-state index >= 15 is 0 Å². The van der Waals surface area contributed by atoms with Crippen molar-refractivity contribution >= 4 is 45.3 Å². The van der Waals surface area contributed by atoms with Crippen LogP contribution in [0.15, 0.2) is 23.7 Å². The van der Waals surface area contributed by atoms with Gasteiger partial charge in [-0.2, -0.15) is 0 Å². The number of hydrogen-bond acceptors (Lipinski definition) is 5. The summed E-state index contributed by atoms with van der Waals surface area (Å²) in [5.41, 5.74) is 0. The van der Waals surface area contributed by atoms with Gasteiger partial charge in [-0.05, 0) is 25.0 Å². The third-order valence-electron chi connectivity index (χ3n) is 3.32. The lowest BCUT2D eigenvalue weighted by atomic mass is 10.1. The van der Waals surface area contributed by atoms with E-state index in [1.165, 1.54) is 11.3 Å². The molecule has 1 aliphatic rings. The van der Waals surface area contributed by atoms with Crippen molar-refractivity contribution in [2.75, 3.05) is 18.0 Å². The van der Waals surface area contributed by atoms with Crippen molar-refractivity contribution in [3.63, 3.8) is 0 Å². The Hall–Kier alpha value is -1.11. The summed E-state index contributed by atoms with van der Waals surface area (Å²) >= 11 is 8.83. The molecule has 4 nitrogen and oxygen atoms in total. The van der Waals surface area contributed by atoms with Gasteiger partial charge in [-0.15, -0.1) is 22.7 Å². The van der Waals surface area contributed by atoms with Crippen molar-refractivity contribution in [1.82, 2.24) is 10.3 Å². The van der Waals surface area contributed by atoms with Gasteiger partial charge in [-0.3, -0.25) is 4.79 Å². The van der Waals surface area contributed by atoms with Gasteiger partial charge in [0.1, 0.15) is 0 Å². The number of nitrogens with zero attached hydrogens (tertiary/aromatic N) is 2. The van der Waals surface area contributed by atoms with E-state index in [4.69, 9.17) is 11.6 Å². The van der Waals surface area contributed by atoms with Crippen molar-refractivity contribution < 1.29 is 4.79 Å². The van der Waals surface area contributed by atoms with Gasteiger partial charge >= 0.3 is 0 Å². The molecule has 1 aliphatic heterocycles. The Morgan fingerprint density at radius 2 is 2.20 bits per heavy atom. The minimum Gasteiger partial charge on any atom is -0.348 e. The first-order chi connectivity index (χ1) is 9.72. The molecular weight excluding hydrogens is 314 g/mol. The van der Waals surface area contributed by atoms with Crippen LogP contribution in [0.2, 0.25) is 4.34 Å². The molecule has 2 aromatic rings. The summed E-state index contributed by atoms with van der Waals surface area (Å²) < 4.78 is 0.647. The standard InChI is InChI=1S/C13H14ClN3OS2/c14-11-2-1-10(20-11)12(18)16-9-3-6-17(7-4-9)13-15-5-8-19-13/h1-2,5,8-9H,3-4,6-7H2,(H,16,18). The van der Waals surface area contributed by atoms with E-state index in [2.05, 4.69) is 15.2 Å². The van der Waals surface area contributed by atoms with Crippen molar-refractivity contribution in [2.24, 2.45) is 0 Å². The molecule has 1 N–H and O–H groups in total. The molecule has 3 rings (SSSR count). The zero-order valence-corrected chi connectivity index (χ0v) is 13.1. The third-order valence-corrected chi connectivity index (χ3v) is 5.38. The van der Waals surface area contributed by atoms with Crippen LogP contribution in [-0.2, 0) is 0 Å². The maximum Gasteiger partial charge on any atom is 0.261 e. The van der Waals surface area contributed by atoms with Gasteiger partial charge in [-0.25, -0.2) is 4.98 Å². The highest BCUT2D eigenvalue weighted by Gasteiger charge is 2.22. The number of hydrogen-bond donors (Lipinski definition) is 1. The average molecular weight is 328 g/mol. The molecule has 1 saturated heterocycles. The smallest absolute Gasteiger partial charge is 0.261 e.